The molecule has 1 aromatic heterocycles. The van der Waals surface area contributed by atoms with Gasteiger partial charge in [0, 0.05) is 5.03 Å². The second kappa shape index (κ2) is 8.03. The highest BCUT2D eigenvalue weighted by Gasteiger charge is 2.19. The molecule has 0 aliphatic rings. The molecule has 0 saturated heterocycles. The molecule has 0 bridgehead atoms. The predicted octanol–water partition coefficient (Wildman–Crippen LogP) is 7.63. The highest BCUT2D eigenvalue weighted by molar-refractivity contribution is 6.51. The first kappa shape index (κ1) is 17.3. The minimum Gasteiger partial charge on any atom is -0.207 e. The van der Waals surface area contributed by atoms with E-state index in [1.807, 2.05) is 109 Å². The van der Waals surface area contributed by atoms with Gasteiger partial charge in [0.15, 0.2) is 0 Å². The molecule has 0 saturated carbocycles. The fourth-order valence-corrected chi connectivity index (χ4v) is 3.17. The topological polar surface area (TPSA) is 11.3 Å². The molecule has 0 fully saturated rings. The van der Waals surface area contributed by atoms with Crippen molar-refractivity contribution in [1.82, 2.24) is 0 Å². The SMILES string of the molecule is Cl/C(=C\c1cc(-c2ccccc2)[o+]c(-c2ccccc2)c1)c1ccccc1. The molecule has 27 heavy (non-hydrogen) atoms. The smallest absolute Gasteiger partial charge is 0.207 e. The van der Waals surface area contributed by atoms with Crippen LogP contribution >= 0.6 is 11.6 Å². The van der Waals surface area contributed by atoms with Crippen LogP contribution in [0.15, 0.2) is 108 Å². The molecule has 0 N–H and O–H groups in total. The molecule has 1 nitrogen and oxygen atoms in total. The zero-order valence-corrected chi connectivity index (χ0v) is 15.4. The van der Waals surface area contributed by atoms with Gasteiger partial charge in [0.1, 0.15) is 0 Å². The molecule has 0 aliphatic heterocycles. The Kier molecular flexibility index (Phi) is 5.13. The molecule has 0 atom stereocenters. The molecule has 4 aromatic rings. The molecule has 0 amide bonds. The van der Waals surface area contributed by atoms with Gasteiger partial charge in [-0.15, -0.1) is 0 Å². The summed E-state index contributed by atoms with van der Waals surface area (Å²) < 4.78 is 6.21. The van der Waals surface area contributed by atoms with Crippen molar-refractivity contribution in [2.75, 3.05) is 0 Å². The van der Waals surface area contributed by atoms with Crippen LogP contribution in [0.2, 0.25) is 0 Å². The maximum Gasteiger partial charge on any atom is 0.361 e. The fourth-order valence-electron chi connectivity index (χ4n) is 2.92. The molecule has 0 unspecified atom stereocenters. The van der Waals surface area contributed by atoms with Gasteiger partial charge in [0.25, 0.3) is 0 Å². The van der Waals surface area contributed by atoms with Gasteiger partial charge in [-0.2, -0.15) is 0 Å². The minimum absolute atomic E-state index is 0.694. The Bertz CT molecular complexity index is 997. The van der Waals surface area contributed by atoms with E-state index in [-0.39, 0.29) is 0 Å². The van der Waals surface area contributed by atoms with Crippen molar-refractivity contribution in [2.24, 2.45) is 0 Å². The Morgan fingerprint density at radius 1 is 0.630 bits per heavy atom. The first-order valence-electron chi connectivity index (χ1n) is 8.81. The van der Waals surface area contributed by atoms with Crippen molar-refractivity contribution in [2.45, 2.75) is 0 Å². The third kappa shape index (κ3) is 4.16. The van der Waals surface area contributed by atoms with E-state index < -0.39 is 0 Å². The third-order valence-electron chi connectivity index (χ3n) is 4.28. The van der Waals surface area contributed by atoms with Gasteiger partial charge < -0.3 is 0 Å². The molecule has 1 heterocycles. The summed E-state index contributed by atoms with van der Waals surface area (Å²) in [5, 5.41) is 0.694. The van der Waals surface area contributed by atoms with E-state index in [1.54, 1.807) is 0 Å². The highest BCUT2D eigenvalue weighted by Crippen LogP contribution is 2.31. The molecule has 0 radical (unpaired) electrons. The second-order valence-electron chi connectivity index (χ2n) is 6.21. The first-order chi connectivity index (χ1) is 13.3. The Labute approximate surface area is 164 Å². The van der Waals surface area contributed by atoms with E-state index in [2.05, 4.69) is 0 Å². The number of benzene rings is 3. The van der Waals surface area contributed by atoms with E-state index in [9.17, 15) is 0 Å². The van der Waals surface area contributed by atoms with Gasteiger partial charge in [-0.05, 0) is 41.5 Å². The van der Waals surface area contributed by atoms with E-state index in [1.165, 1.54) is 0 Å². The molecule has 2 heteroatoms. The van der Waals surface area contributed by atoms with Crippen LogP contribution < -0.4 is 0 Å². The molecule has 0 spiro atoms. The molecular formula is C25H18ClO+. The van der Waals surface area contributed by atoms with Gasteiger partial charge in [-0.25, -0.2) is 4.42 Å². The van der Waals surface area contributed by atoms with Crippen LogP contribution in [0.5, 0.6) is 0 Å². The van der Waals surface area contributed by atoms with Crippen molar-refractivity contribution < 1.29 is 4.42 Å². The predicted molar refractivity (Wildman–Crippen MR) is 114 cm³/mol. The standard InChI is InChI=1S/C25H18ClO/c26-23(20-10-4-1-5-11-20)16-19-17-24(21-12-6-2-7-13-21)27-25(18-19)22-14-8-3-9-15-22/h1-18H/q+1/b23-16-. The molecule has 3 aromatic carbocycles. The Balaban J connectivity index is 1.84. The number of halogens is 1. The van der Waals surface area contributed by atoms with E-state index >= 15 is 0 Å². The van der Waals surface area contributed by atoms with Gasteiger partial charge in [0.2, 0.25) is 0 Å². The van der Waals surface area contributed by atoms with E-state index in [4.69, 9.17) is 16.0 Å². The van der Waals surface area contributed by atoms with Crippen molar-refractivity contribution in [3.63, 3.8) is 0 Å². The van der Waals surface area contributed by atoms with Crippen LogP contribution in [0.4, 0.5) is 0 Å². The quantitative estimate of drug-likeness (QED) is 0.336. The summed E-state index contributed by atoms with van der Waals surface area (Å²) in [6.45, 7) is 0. The van der Waals surface area contributed by atoms with Crippen molar-refractivity contribution >= 4 is 22.7 Å². The Morgan fingerprint density at radius 2 is 1.07 bits per heavy atom. The zero-order valence-electron chi connectivity index (χ0n) is 14.7. The monoisotopic (exact) mass is 369 g/mol. The first-order valence-corrected chi connectivity index (χ1v) is 9.19. The number of hydrogen-bond donors (Lipinski definition) is 0. The van der Waals surface area contributed by atoms with Gasteiger partial charge in [-0.1, -0.05) is 78.3 Å². The summed E-state index contributed by atoms with van der Waals surface area (Å²) in [6, 6.07) is 34.2. The van der Waals surface area contributed by atoms with Gasteiger partial charge in [-0.3, -0.25) is 0 Å². The summed E-state index contributed by atoms with van der Waals surface area (Å²) in [5.41, 5.74) is 4.04. The van der Waals surface area contributed by atoms with Gasteiger partial charge >= 0.3 is 11.5 Å². The summed E-state index contributed by atoms with van der Waals surface area (Å²) >= 11 is 6.57. The van der Waals surface area contributed by atoms with Crippen LogP contribution in [0.25, 0.3) is 33.8 Å². The lowest BCUT2D eigenvalue weighted by Crippen LogP contribution is -1.85. The van der Waals surface area contributed by atoms with Crippen molar-refractivity contribution in [3.05, 3.63) is 114 Å². The average Bonchev–Trinajstić information content (AvgIpc) is 2.75. The van der Waals surface area contributed by atoms with Crippen LogP contribution in [-0.2, 0) is 0 Å². The maximum atomic E-state index is 6.57. The lowest BCUT2D eigenvalue weighted by Gasteiger charge is -2.01. The van der Waals surface area contributed by atoms with Crippen molar-refractivity contribution in [3.8, 4) is 22.6 Å². The largest absolute Gasteiger partial charge is 0.361 e. The number of hydrogen-bond acceptors (Lipinski definition) is 0. The summed E-state index contributed by atoms with van der Waals surface area (Å²) in [6.07, 6.45) is 1.98. The average molecular weight is 370 g/mol. The fraction of sp³-hybridized carbons (Fsp3) is 0. The summed E-state index contributed by atoms with van der Waals surface area (Å²) in [7, 11) is 0. The van der Waals surface area contributed by atoms with Gasteiger partial charge in [0.05, 0.1) is 23.3 Å². The minimum atomic E-state index is 0.694. The number of rotatable bonds is 4. The van der Waals surface area contributed by atoms with Crippen LogP contribution in [0, 0.1) is 0 Å². The summed E-state index contributed by atoms with van der Waals surface area (Å²) in [4.78, 5) is 0. The molecule has 0 aliphatic carbocycles. The molecule has 4 rings (SSSR count). The van der Waals surface area contributed by atoms with E-state index in [0.29, 0.717) is 5.03 Å². The highest BCUT2D eigenvalue weighted by atomic mass is 35.5. The lowest BCUT2D eigenvalue weighted by atomic mass is 10.1. The van der Waals surface area contributed by atoms with E-state index in [0.717, 1.165) is 33.8 Å². The van der Waals surface area contributed by atoms with Crippen LogP contribution in [-0.4, -0.2) is 0 Å². The Morgan fingerprint density at radius 3 is 1.56 bits per heavy atom. The lowest BCUT2D eigenvalue weighted by molar-refractivity contribution is 0.581. The van der Waals surface area contributed by atoms with Crippen LogP contribution in [0.3, 0.4) is 0 Å². The summed E-state index contributed by atoms with van der Waals surface area (Å²) in [5.74, 6) is 1.61. The zero-order chi connectivity index (χ0) is 18.5. The Hall–Kier alpha value is -3.16. The van der Waals surface area contributed by atoms with Crippen LogP contribution in [0.1, 0.15) is 11.1 Å². The molecular weight excluding hydrogens is 352 g/mol. The normalized spacial score (nSPS) is 11.4. The molecule has 130 valence electrons. The van der Waals surface area contributed by atoms with Crippen molar-refractivity contribution in [1.29, 1.82) is 0 Å². The maximum absolute atomic E-state index is 6.57. The second-order valence-corrected chi connectivity index (χ2v) is 6.62. The third-order valence-corrected chi connectivity index (χ3v) is 4.60.